The first-order valence-electron chi connectivity index (χ1n) is 6.69. The zero-order chi connectivity index (χ0) is 15.7. The number of aromatic hydroxyl groups is 1. The van der Waals surface area contributed by atoms with Crippen LogP contribution >= 0.6 is 0 Å². The van der Waals surface area contributed by atoms with Crippen molar-refractivity contribution in [2.24, 2.45) is 5.41 Å². The van der Waals surface area contributed by atoms with Crippen LogP contribution in [0, 0.1) is 5.41 Å². The van der Waals surface area contributed by atoms with Crippen LogP contribution < -0.4 is 0 Å². The summed E-state index contributed by atoms with van der Waals surface area (Å²) in [5, 5.41) is 39.5. The Bertz CT molecular complexity index is 800. The molecule has 2 unspecified atom stereocenters. The van der Waals surface area contributed by atoms with Crippen molar-refractivity contribution >= 4 is 11.5 Å². The minimum Gasteiger partial charge on any atom is -0.508 e. The van der Waals surface area contributed by atoms with Crippen LogP contribution in [0.3, 0.4) is 0 Å². The standard InChI is InChI=1S/C16H12O6/c17-9-3-1-8(2-4-9)13-12(19)14(20)16-7-15(16,21)6-10(18)5-11(16)22-13/h1-6,17-19,21H,7H2. The van der Waals surface area contributed by atoms with Crippen LogP contribution in [-0.2, 0) is 9.53 Å². The van der Waals surface area contributed by atoms with E-state index in [4.69, 9.17) is 4.74 Å². The molecule has 1 fully saturated rings. The highest BCUT2D eigenvalue weighted by Crippen LogP contribution is 2.67. The fourth-order valence-corrected chi connectivity index (χ4v) is 3.16. The van der Waals surface area contributed by atoms with Gasteiger partial charge in [-0.2, -0.15) is 0 Å². The molecule has 0 amide bonds. The van der Waals surface area contributed by atoms with Gasteiger partial charge in [-0.25, -0.2) is 0 Å². The highest BCUT2D eigenvalue weighted by atomic mass is 16.5. The number of ketones is 1. The molecule has 1 heterocycles. The number of allylic oxidation sites excluding steroid dienone is 2. The van der Waals surface area contributed by atoms with Crippen molar-refractivity contribution < 1.29 is 30.0 Å². The molecule has 1 saturated carbocycles. The number of Topliss-reactive ketones (excluding diaryl/α,β-unsaturated/α-hetero) is 1. The number of rotatable bonds is 1. The largest absolute Gasteiger partial charge is 0.508 e. The summed E-state index contributed by atoms with van der Waals surface area (Å²) >= 11 is 0. The Hall–Kier alpha value is -2.73. The summed E-state index contributed by atoms with van der Waals surface area (Å²) < 4.78 is 5.61. The van der Waals surface area contributed by atoms with Crippen molar-refractivity contribution in [3.8, 4) is 5.75 Å². The molecule has 3 aliphatic rings. The Morgan fingerprint density at radius 2 is 1.77 bits per heavy atom. The Balaban J connectivity index is 1.85. The Kier molecular flexibility index (Phi) is 2.19. The second kappa shape index (κ2) is 3.72. The highest BCUT2D eigenvalue weighted by molar-refractivity contribution is 6.10. The Morgan fingerprint density at radius 1 is 1.09 bits per heavy atom. The number of hydrogen-bond donors (Lipinski definition) is 4. The van der Waals surface area contributed by atoms with Crippen molar-refractivity contribution in [2.45, 2.75) is 12.0 Å². The summed E-state index contributed by atoms with van der Waals surface area (Å²) in [6, 6.07) is 5.77. The molecule has 1 aliphatic heterocycles. The molecule has 0 radical (unpaired) electrons. The van der Waals surface area contributed by atoms with E-state index >= 15 is 0 Å². The van der Waals surface area contributed by atoms with Gasteiger partial charge in [-0.15, -0.1) is 0 Å². The van der Waals surface area contributed by atoms with E-state index in [-0.39, 0.29) is 29.4 Å². The molecule has 1 aromatic rings. The first kappa shape index (κ1) is 13.0. The van der Waals surface area contributed by atoms with Crippen LogP contribution in [0.2, 0.25) is 0 Å². The topological polar surface area (TPSA) is 107 Å². The minimum absolute atomic E-state index is 0.0384. The Morgan fingerprint density at radius 3 is 2.45 bits per heavy atom. The molecule has 1 aromatic carbocycles. The van der Waals surface area contributed by atoms with Crippen LogP contribution in [0.4, 0.5) is 0 Å². The number of hydrogen-bond acceptors (Lipinski definition) is 6. The van der Waals surface area contributed by atoms with Gasteiger partial charge >= 0.3 is 0 Å². The minimum atomic E-state index is -1.52. The van der Waals surface area contributed by atoms with E-state index in [0.717, 1.165) is 0 Å². The fraction of sp³-hybridized carbons (Fsp3) is 0.188. The number of ether oxygens (including phenoxy) is 1. The van der Waals surface area contributed by atoms with Gasteiger partial charge in [0.2, 0.25) is 11.5 Å². The van der Waals surface area contributed by atoms with Gasteiger partial charge in [0.1, 0.15) is 28.3 Å². The second-order valence-corrected chi connectivity index (χ2v) is 5.74. The van der Waals surface area contributed by atoms with Crippen LogP contribution in [0.1, 0.15) is 12.0 Å². The lowest BCUT2D eigenvalue weighted by Crippen LogP contribution is -2.36. The van der Waals surface area contributed by atoms with E-state index in [1.165, 1.54) is 36.4 Å². The van der Waals surface area contributed by atoms with Gasteiger partial charge in [-0.3, -0.25) is 4.79 Å². The van der Waals surface area contributed by atoms with Crippen molar-refractivity contribution in [1.29, 1.82) is 0 Å². The van der Waals surface area contributed by atoms with Crippen LogP contribution in [-0.4, -0.2) is 31.8 Å². The number of phenols is 1. The van der Waals surface area contributed by atoms with Crippen molar-refractivity contribution in [3.05, 3.63) is 59.3 Å². The van der Waals surface area contributed by atoms with Crippen molar-refractivity contribution in [1.82, 2.24) is 0 Å². The monoisotopic (exact) mass is 300 g/mol. The van der Waals surface area contributed by atoms with Crippen molar-refractivity contribution in [3.63, 3.8) is 0 Å². The molecule has 6 heteroatoms. The molecule has 0 bridgehead atoms. The lowest BCUT2D eigenvalue weighted by atomic mass is 9.85. The molecular formula is C16H12O6. The summed E-state index contributed by atoms with van der Waals surface area (Å²) in [7, 11) is 0. The quantitative estimate of drug-likeness (QED) is 0.628. The first-order valence-corrected chi connectivity index (χ1v) is 6.69. The third kappa shape index (κ3) is 1.39. The SMILES string of the molecule is O=C1C(O)=C(c2ccc(O)cc2)OC2=CC(O)=CC3(O)CC123. The Labute approximate surface area is 124 Å². The number of benzene rings is 1. The number of carbonyl (C=O) groups is 1. The fourth-order valence-electron chi connectivity index (χ4n) is 3.16. The molecule has 1 spiro atoms. The van der Waals surface area contributed by atoms with E-state index in [2.05, 4.69) is 0 Å². The molecule has 112 valence electrons. The number of phenolic OH excluding ortho intramolecular Hbond substituents is 1. The predicted octanol–water partition coefficient (Wildman–Crippen LogP) is 1.68. The lowest BCUT2D eigenvalue weighted by Gasteiger charge is -2.30. The summed E-state index contributed by atoms with van der Waals surface area (Å²) in [6.45, 7) is 0. The molecule has 4 N–H and O–H groups in total. The van der Waals surface area contributed by atoms with Crippen LogP contribution in [0.15, 0.2) is 53.7 Å². The zero-order valence-electron chi connectivity index (χ0n) is 11.3. The van der Waals surface area contributed by atoms with E-state index in [1.54, 1.807) is 0 Å². The summed E-state index contributed by atoms with van der Waals surface area (Å²) in [6.07, 6.45) is 2.52. The third-order valence-corrected chi connectivity index (χ3v) is 4.39. The number of aliphatic hydroxyl groups is 3. The molecule has 22 heavy (non-hydrogen) atoms. The van der Waals surface area contributed by atoms with Gasteiger partial charge in [0.15, 0.2) is 5.76 Å². The second-order valence-electron chi connectivity index (χ2n) is 5.74. The molecule has 2 atom stereocenters. The van der Waals surface area contributed by atoms with Gasteiger partial charge in [0.05, 0.1) is 0 Å². The maximum absolute atomic E-state index is 12.5. The van der Waals surface area contributed by atoms with E-state index < -0.39 is 22.6 Å². The average Bonchev–Trinajstić information content (AvgIpc) is 3.09. The summed E-state index contributed by atoms with van der Waals surface area (Å²) in [5.41, 5.74) is -2.46. The smallest absolute Gasteiger partial charge is 0.218 e. The first-order chi connectivity index (χ1) is 10.4. The number of carbonyl (C=O) groups excluding carboxylic acids is 1. The van der Waals surface area contributed by atoms with Crippen molar-refractivity contribution in [2.75, 3.05) is 0 Å². The normalized spacial score (nSPS) is 32.5. The molecule has 4 rings (SSSR count). The maximum atomic E-state index is 12.5. The summed E-state index contributed by atoms with van der Waals surface area (Å²) in [4.78, 5) is 12.5. The average molecular weight is 300 g/mol. The van der Waals surface area contributed by atoms with Crippen LogP contribution in [0.5, 0.6) is 5.75 Å². The lowest BCUT2D eigenvalue weighted by molar-refractivity contribution is -0.126. The zero-order valence-corrected chi connectivity index (χ0v) is 11.3. The highest BCUT2D eigenvalue weighted by Gasteiger charge is 2.77. The molecule has 0 aromatic heterocycles. The molecule has 2 aliphatic carbocycles. The van der Waals surface area contributed by atoms with E-state index in [9.17, 15) is 25.2 Å². The van der Waals surface area contributed by atoms with Gasteiger partial charge in [0, 0.05) is 18.1 Å². The van der Waals surface area contributed by atoms with Crippen LogP contribution in [0.25, 0.3) is 5.76 Å². The van der Waals surface area contributed by atoms with Gasteiger partial charge in [-0.05, 0) is 30.3 Å². The molecular weight excluding hydrogens is 288 g/mol. The number of aliphatic hydroxyl groups excluding tert-OH is 2. The van der Waals surface area contributed by atoms with Gasteiger partial charge in [-0.1, -0.05) is 0 Å². The molecule has 6 nitrogen and oxygen atoms in total. The maximum Gasteiger partial charge on any atom is 0.218 e. The predicted molar refractivity (Wildman–Crippen MR) is 74.5 cm³/mol. The third-order valence-electron chi connectivity index (χ3n) is 4.39. The van der Waals surface area contributed by atoms with Gasteiger partial charge in [0.25, 0.3) is 0 Å². The van der Waals surface area contributed by atoms with Gasteiger partial charge < -0.3 is 25.2 Å². The summed E-state index contributed by atoms with van der Waals surface area (Å²) in [5.74, 6) is -1.32. The van der Waals surface area contributed by atoms with E-state index in [1.807, 2.05) is 0 Å². The van der Waals surface area contributed by atoms with E-state index in [0.29, 0.717) is 5.56 Å². The molecule has 0 saturated heterocycles.